The molecule has 0 heterocycles. The van der Waals surface area contributed by atoms with Gasteiger partial charge in [-0.1, -0.05) is 44.4 Å². The predicted molar refractivity (Wildman–Crippen MR) is 83.8 cm³/mol. The number of hydrogen-bond donors (Lipinski definition) is 1. The highest BCUT2D eigenvalue weighted by atomic mass is 35.5. The molecule has 1 unspecified atom stereocenters. The second-order valence-corrected chi connectivity index (χ2v) is 6.39. The van der Waals surface area contributed by atoms with Crippen molar-refractivity contribution in [2.75, 3.05) is 6.54 Å². The standard InChI is InChI=1S/C17H25ClFN/c1-3-17(9-5-6-10-17)16(20-4-2)12-13-7-8-14(18)15(19)11-13/h7-8,11,16,20H,3-6,9-10,12H2,1-2H3. The number of rotatable bonds is 6. The molecule has 0 spiro atoms. The topological polar surface area (TPSA) is 12.0 Å². The van der Waals surface area contributed by atoms with Gasteiger partial charge in [0.15, 0.2) is 0 Å². The minimum atomic E-state index is -0.309. The van der Waals surface area contributed by atoms with E-state index in [0.717, 1.165) is 18.5 Å². The fourth-order valence-corrected chi connectivity index (χ4v) is 3.80. The highest BCUT2D eigenvalue weighted by Crippen LogP contribution is 2.44. The molecule has 20 heavy (non-hydrogen) atoms. The normalized spacial score (nSPS) is 19.2. The molecule has 0 aromatic heterocycles. The second kappa shape index (κ2) is 6.91. The van der Waals surface area contributed by atoms with Gasteiger partial charge in [-0.15, -0.1) is 0 Å². The summed E-state index contributed by atoms with van der Waals surface area (Å²) < 4.78 is 13.6. The van der Waals surface area contributed by atoms with Crippen LogP contribution in [0, 0.1) is 11.2 Å². The molecule has 1 saturated carbocycles. The second-order valence-electron chi connectivity index (χ2n) is 5.99. The van der Waals surface area contributed by atoms with Crippen molar-refractivity contribution in [3.8, 4) is 0 Å². The fourth-order valence-electron chi connectivity index (χ4n) is 3.68. The Morgan fingerprint density at radius 3 is 2.55 bits per heavy atom. The molecule has 2 rings (SSSR count). The fraction of sp³-hybridized carbons (Fsp3) is 0.647. The minimum Gasteiger partial charge on any atom is -0.313 e. The zero-order valence-electron chi connectivity index (χ0n) is 12.5. The van der Waals surface area contributed by atoms with E-state index in [1.165, 1.54) is 32.1 Å². The third kappa shape index (κ3) is 3.35. The van der Waals surface area contributed by atoms with E-state index in [9.17, 15) is 4.39 Å². The number of nitrogens with one attached hydrogen (secondary N) is 1. The SMILES string of the molecule is CCNC(Cc1ccc(Cl)c(F)c1)C1(CC)CCCC1. The Morgan fingerprint density at radius 1 is 1.30 bits per heavy atom. The van der Waals surface area contributed by atoms with Crippen molar-refractivity contribution >= 4 is 11.6 Å². The molecule has 0 amide bonds. The molecule has 112 valence electrons. The summed E-state index contributed by atoms with van der Waals surface area (Å²) in [6.45, 7) is 5.40. The summed E-state index contributed by atoms with van der Waals surface area (Å²) in [5.41, 5.74) is 1.42. The lowest BCUT2D eigenvalue weighted by molar-refractivity contribution is 0.186. The van der Waals surface area contributed by atoms with Crippen LogP contribution in [0.4, 0.5) is 4.39 Å². The highest BCUT2D eigenvalue weighted by molar-refractivity contribution is 6.30. The Balaban J connectivity index is 2.18. The van der Waals surface area contributed by atoms with Crippen LogP contribution >= 0.6 is 11.6 Å². The molecule has 1 fully saturated rings. The van der Waals surface area contributed by atoms with Crippen LogP contribution < -0.4 is 5.32 Å². The van der Waals surface area contributed by atoms with E-state index in [1.54, 1.807) is 12.1 Å². The molecule has 1 atom stereocenters. The van der Waals surface area contributed by atoms with Gasteiger partial charge >= 0.3 is 0 Å². The molecule has 0 bridgehead atoms. The van der Waals surface area contributed by atoms with Crippen molar-refractivity contribution in [1.29, 1.82) is 0 Å². The first-order valence-electron chi connectivity index (χ1n) is 7.78. The van der Waals surface area contributed by atoms with Crippen LogP contribution in [0.3, 0.4) is 0 Å². The average molecular weight is 298 g/mol. The third-order valence-electron chi connectivity index (χ3n) is 4.92. The van der Waals surface area contributed by atoms with Gasteiger partial charge in [0.05, 0.1) is 5.02 Å². The van der Waals surface area contributed by atoms with Gasteiger partial charge < -0.3 is 5.32 Å². The largest absolute Gasteiger partial charge is 0.313 e. The van der Waals surface area contributed by atoms with Crippen LogP contribution in [0.1, 0.15) is 51.5 Å². The molecule has 0 aliphatic heterocycles. The molecule has 1 aromatic rings. The smallest absolute Gasteiger partial charge is 0.142 e. The average Bonchev–Trinajstić information content (AvgIpc) is 2.92. The zero-order valence-corrected chi connectivity index (χ0v) is 13.3. The number of halogens is 2. The molecule has 3 heteroatoms. The maximum atomic E-state index is 13.6. The van der Waals surface area contributed by atoms with Gasteiger partial charge in [0.25, 0.3) is 0 Å². The van der Waals surface area contributed by atoms with Crippen LogP contribution in [0.2, 0.25) is 5.02 Å². The predicted octanol–water partition coefficient (Wildman–Crippen LogP) is 4.97. The van der Waals surface area contributed by atoms with Gasteiger partial charge in [-0.25, -0.2) is 4.39 Å². The first-order chi connectivity index (χ1) is 9.61. The number of likely N-dealkylation sites (N-methyl/N-ethyl adjacent to an activating group) is 1. The zero-order chi connectivity index (χ0) is 14.6. The van der Waals surface area contributed by atoms with Crippen molar-refractivity contribution < 1.29 is 4.39 Å². The van der Waals surface area contributed by atoms with Crippen molar-refractivity contribution in [3.05, 3.63) is 34.6 Å². The van der Waals surface area contributed by atoms with E-state index in [1.807, 2.05) is 6.07 Å². The van der Waals surface area contributed by atoms with Gasteiger partial charge in [-0.2, -0.15) is 0 Å². The summed E-state index contributed by atoms with van der Waals surface area (Å²) in [5, 5.41) is 3.85. The summed E-state index contributed by atoms with van der Waals surface area (Å²) in [6, 6.07) is 5.64. The Morgan fingerprint density at radius 2 is 2.00 bits per heavy atom. The minimum absolute atomic E-state index is 0.208. The van der Waals surface area contributed by atoms with Gasteiger partial charge in [0.2, 0.25) is 0 Å². The molecular weight excluding hydrogens is 273 g/mol. The maximum Gasteiger partial charge on any atom is 0.142 e. The van der Waals surface area contributed by atoms with E-state index in [2.05, 4.69) is 19.2 Å². The molecule has 1 aliphatic rings. The summed E-state index contributed by atoms with van der Waals surface area (Å²) in [5.74, 6) is -0.309. The van der Waals surface area contributed by atoms with Crippen molar-refractivity contribution in [3.63, 3.8) is 0 Å². The van der Waals surface area contributed by atoms with Crippen LogP contribution in [-0.4, -0.2) is 12.6 Å². The summed E-state index contributed by atoms with van der Waals surface area (Å²) in [6.07, 6.45) is 7.31. The lowest BCUT2D eigenvalue weighted by Crippen LogP contribution is -2.45. The van der Waals surface area contributed by atoms with E-state index >= 15 is 0 Å². The van der Waals surface area contributed by atoms with Gasteiger partial charge in [-0.05, 0) is 55.3 Å². The maximum absolute atomic E-state index is 13.6. The van der Waals surface area contributed by atoms with Crippen molar-refractivity contribution in [1.82, 2.24) is 5.32 Å². The molecule has 1 aliphatic carbocycles. The quantitative estimate of drug-likeness (QED) is 0.781. The molecule has 0 radical (unpaired) electrons. The lowest BCUT2D eigenvalue weighted by Gasteiger charge is -2.38. The number of benzene rings is 1. The summed E-state index contributed by atoms with van der Waals surface area (Å²) in [7, 11) is 0. The summed E-state index contributed by atoms with van der Waals surface area (Å²) >= 11 is 5.77. The monoisotopic (exact) mass is 297 g/mol. The molecule has 1 nitrogen and oxygen atoms in total. The van der Waals surface area contributed by atoms with Crippen LogP contribution in [0.25, 0.3) is 0 Å². The third-order valence-corrected chi connectivity index (χ3v) is 5.22. The lowest BCUT2D eigenvalue weighted by atomic mass is 9.74. The molecule has 0 saturated heterocycles. The van der Waals surface area contributed by atoms with Crippen molar-refractivity contribution in [2.24, 2.45) is 5.41 Å². The van der Waals surface area contributed by atoms with E-state index in [0.29, 0.717) is 11.5 Å². The van der Waals surface area contributed by atoms with Gasteiger partial charge in [-0.3, -0.25) is 0 Å². The van der Waals surface area contributed by atoms with Crippen molar-refractivity contribution in [2.45, 2.75) is 58.4 Å². The molecular formula is C17H25ClFN. The van der Waals surface area contributed by atoms with Gasteiger partial charge in [0.1, 0.15) is 5.82 Å². The van der Waals surface area contributed by atoms with Crippen LogP contribution in [0.15, 0.2) is 18.2 Å². The molecule has 1 aromatic carbocycles. The van der Waals surface area contributed by atoms with Crippen LogP contribution in [-0.2, 0) is 6.42 Å². The van der Waals surface area contributed by atoms with Gasteiger partial charge in [0, 0.05) is 6.04 Å². The Bertz CT molecular complexity index is 441. The summed E-state index contributed by atoms with van der Waals surface area (Å²) in [4.78, 5) is 0. The first-order valence-corrected chi connectivity index (χ1v) is 8.16. The first kappa shape index (κ1) is 15.8. The van der Waals surface area contributed by atoms with E-state index in [4.69, 9.17) is 11.6 Å². The van der Waals surface area contributed by atoms with E-state index in [-0.39, 0.29) is 10.8 Å². The van der Waals surface area contributed by atoms with E-state index < -0.39 is 0 Å². The van der Waals surface area contributed by atoms with Crippen LogP contribution in [0.5, 0.6) is 0 Å². The Kier molecular flexibility index (Phi) is 5.45. The Labute approximate surface area is 126 Å². The Hall–Kier alpha value is -0.600. The molecule has 1 N–H and O–H groups in total. The number of hydrogen-bond acceptors (Lipinski definition) is 1. The highest BCUT2D eigenvalue weighted by Gasteiger charge is 2.39.